The molecule has 0 saturated heterocycles. The Bertz CT molecular complexity index is 590. The molecule has 15 N–H and O–H groups in total. The zero-order valence-electron chi connectivity index (χ0n) is 17.7. The van der Waals surface area contributed by atoms with Crippen LogP contribution in [-0.4, -0.2) is 93.3 Å². The van der Waals surface area contributed by atoms with E-state index in [1.807, 2.05) is 0 Å². The number of likely N-dealkylation sites (N-methyl/N-ethyl adjacent to an activating group) is 1. The van der Waals surface area contributed by atoms with Crippen molar-refractivity contribution in [3.8, 4) is 0 Å². The quantitative estimate of drug-likeness (QED) is 0.0983. The van der Waals surface area contributed by atoms with Gasteiger partial charge in [-0.2, -0.15) is 0 Å². The summed E-state index contributed by atoms with van der Waals surface area (Å²) in [6.07, 6.45) is 0.956. The van der Waals surface area contributed by atoms with Gasteiger partial charge in [0, 0.05) is 20.5 Å². The highest BCUT2D eigenvalue weighted by Crippen LogP contribution is 1.94. The van der Waals surface area contributed by atoms with E-state index in [0.717, 1.165) is 11.8 Å². The van der Waals surface area contributed by atoms with Gasteiger partial charge in [0.2, 0.25) is 0 Å². The minimum atomic E-state index is -1.00. The number of hydrogen-bond donors (Lipinski definition) is 10. The van der Waals surface area contributed by atoms with Crippen LogP contribution in [0.2, 0.25) is 0 Å². The first-order chi connectivity index (χ1) is 13.9. The van der Waals surface area contributed by atoms with Crippen molar-refractivity contribution in [3.05, 3.63) is 0 Å². The molecule has 0 aliphatic rings. The molecule has 0 spiro atoms. The van der Waals surface area contributed by atoms with Crippen molar-refractivity contribution in [1.29, 1.82) is 5.41 Å². The molecule has 0 fully saturated rings. The van der Waals surface area contributed by atoms with Gasteiger partial charge in [0.25, 0.3) is 5.97 Å². The third kappa shape index (κ3) is 41.7. The van der Waals surface area contributed by atoms with Crippen LogP contribution >= 0.6 is 0 Å². The van der Waals surface area contributed by atoms with Gasteiger partial charge in [-0.3, -0.25) is 29.6 Å². The molecule has 0 aromatic carbocycles. The number of nitrogens with zero attached hydrogens (tertiary/aromatic N) is 2. The van der Waals surface area contributed by atoms with Gasteiger partial charge in [0.1, 0.15) is 18.6 Å². The van der Waals surface area contributed by atoms with Crippen molar-refractivity contribution in [3.63, 3.8) is 0 Å². The van der Waals surface area contributed by atoms with Crippen LogP contribution in [0, 0.1) is 5.41 Å². The van der Waals surface area contributed by atoms with Gasteiger partial charge in [0.15, 0.2) is 11.9 Å². The summed E-state index contributed by atoms with van der Waals surface area (Å²) in [7, 11) is 1.44. The smallest absolute Gasteiger partial charge is 0.323 e. The predicted octanol–water partition coefficient (Wildman–Crippen LogP) is -3.14. The van der Waals surface area contributed by atoms with Crippen molar-refractivity contribution in [1.82, 2.24) is 4.90 Å². The highest BCUT2D eigenvalue weighted by molar-refractivity contribution is 5.80. The minimum absolute atomic E-state index is 0.0129. The average Bonchev–Trinajstić information content (AvgIpc) is 2.58. The van der Waals surface area contributed by atoms with Gasteiger partial charge >= 0.3 is 17.9 Å². The van der Waals surface area contributed by atoms with Crippen LogP contribution in [0.25, 0.3) is 0 Å². The van der Waals surface area contributed by atoms with E-state index in [9.17, 15) is 14.4 Å². The standard InChI is InChI=1S/C6H14N4O2.C4H9N3O2.C3H7NO2.C2H4O2/c7-4(5(11)12)2-1-3-10-6(8)9;1-7(4(5)6)2-3(8)9;1-2(4)3(5)6;1-2(3)4/h4H,1-3,7H2,(H,11,12)(H4,8,9,10);2H2,1H3,(H3,5,6)(H,8,9);2H,4H2,1H3,(H,5,6);1H3,(H,3,4). The zero-order chi connectivity index (χ0) is 25.7. The van der Waals surface area contributed by atoms with Crippen molar-refractivity contribution in [2.45, 2.75) is 38.8 Å². The molecule has 0 bridgehead atoms. The fourth-order valence-corrected chi connectivity index (χ4v) is 0.931. The second-order valence-electron chi connectivity index (χ2n) is 5.67. The maximum atomic E-state index is 10.2. The van der Waals surface area contributed by atoms with Crippen molar-refractivity contribution in [2.24, 2.45) is 33.7 Å². The van der Waals surface area contributed by atoms with Gasteiger partial charge in [0.05, 0.1) is 0 Å². The van der Waals surface area contributed by atoms with Crippen LogP contribution in [-0.2, 0) is 19.2 Å². The Morgan fingerprint density at radius 3 is 1.58 bits per heavy atom. The zero-order valence-corrected chi connectivity index (χ0v) is 17.7. The van der Waals surface area contributed by atoms with Gasteiger partial charge in [-0.05, 0) is 19.8 Å². The number of aliphatic imine (C=N–C) groups is 1. The van der Waals surface area contributed by atoms with Gasteiger partial charge in [-0.25, -0.2) is 0 Å². The maximum absolute atomic E-state index is 10.2. The fourth-order valence-electron chi connectivity index (χ4n) is 0.931. The summed E-state index contributed by atoms with van der Waals surface area (Å²) < 4.78 is 0. The van der Waals surface area contributed by atoms with Crippen molar-refractivity contribution in [2.75, 3.05) is 20.1 Å². The van der Waals surface area contributed by atoms with E-state index in [-0.39, 0.29) is 18.5 Å². The number of rotatable bonds is 8. The normalized spacial score (nSPS) is 10.6. The summed E-state index contributed by atoms with van der Waals surface area (Å²) in [6.45, 7) is 2.70. The molecule has 0 heterocycles. The second-order valence-corrected chi connectivity index (χ2v) is 5.67. The first kappa shape index (κ1) is 34.8. The molecule has 2 unspecified atom stereocenters. The number of nitrogens with one attached hydrogen (secondary N) is 1. The summed E-state index contributed by atoms with van der Waals surface area (Å²) in [4.78, 5) is 43.5. The van der Waals surface area contributed by atoms with Gasteiger partial charge in [-0.15, -0.1) is 0 Å². The van der Waals surface area contributed by atoms with Gasteiger partial charge in [-0.1, -0.05) is 0 Å². The van der Waals surface area contributed by atoms with Crippen LogP contribution < -0.4 is 28.7 Å². The largest absolute Gasteiger partial charge is 0.481 e. The first-order valence-electron chi connectivity index (χ1n) is 8.44. The van der Waals surface area contributed by atoms with Crippen LogP contribution in [0.5, 0.6) is 0 Å². The number of nitrogens with two attached hydrogens (primary N) is 5. The number of carbonyl (C=O) groups is 4. The highest BCUT2D eigenvalue weighted by Gasteiger charge is 2.09. The Hall–Kier alpha value is -3.66. The number of guanidine groups is 2. The van der Waals surface area contributed by atoms with E-state index < -0.39 is 36.0 Å². The van der Waals surface area contributed by atoms with E-state index in [4.69, 9.17) is 59.3 Å². The Morgan fingerprint density at radius 2 is 1.39 bits per heavy atom. The second kappa shape index (κ2) is 21.1. The van der Waals surface area contributed by atoms with Crippen LogP contribution in [0.15, 0.2) is 4.99 Å². The third-order valence-corrected chi connectivity index (χ3v) is 2.46. The molecule has 0 aromatic heterocycles. The molecule has 0 radical (unpaired) electrons. The summed E-state index contributed by atoms with van der Waals surface area (Å²) in [5, 5.41) is 38.5. The van der Waals surface area contributed by atoms with Crippen LogP contribution in [0.4, 0.5) is 0 Å². The van der Waals surface area contributed by atoms with Gasteiger partial charge < -0.3 is 54.0 Å². The van der Waals surface area contributed by atoms with Crippen molar-refractivity contribution >= 4 is 35.8 Å². The van der Waals surface area contributed by atoms with E-state index in [0.29, 0.717) is 19.4 Å². The Kier molecular flexibility index (Phi) is 23.7. The Morgan fingerprint density at radius 1 is 1.00 bits per heavy atom. The molecule has 2 atom stereocenters. The van der Waals surface area contributed by atoms with E-state index in [1.54, 1.807) is 0 Å². The van der Waals surface area contributed by atoms with E-state index >= 15 is 0 Å². The predicted molar refractivity (Wildman–Crippen MR) is 112 cm³/mol. The Balaban J connectivity index is -0.000000169. The average molecular weight is 454 g/mol. The molecule has 0 saturated carbocycles. The molecule has 16 heteroatoms. The summed E-state index contributed by atoms with van der Waals surface area (Å²) in [6, 6.07) is -1.55. The molecule has 0 amide bonds. The van der Waals surface area contributed by atoms with E-state index in [2.05, 4.69) is 4.99 Å². The summed E-state index contributed by atoms with van der Waals surface area (Å²) in [5.74, 6) is -4.02. The lowest BCUT2D eigenvalue weighted by Gasteiger charge is -2.12. The SMILES string of the molecule is CC(=O)O.CC(N)C(=O)O.CN(CC(=O)O)C(=N)N.NC(N)=NCCCC(N)C(=O)O. The topological polar surface area (TPSA) is 319 Å². The monoisotopic (exact) mass is 454 g/mol. The molecular weight excluding hydrogens is 420 g/mol. The summed E-state index contributed by atoms with van der Waals surface area (Å²) in [5.41, 5.74) is 25.1. The van der Waals surface area contributed by atoms with E-state index in [1.165, 1.54) is 14.0 Å². The molecule has 0 aromatic rings. The lowest BCUT2D eigenvalue weighted by atomic mass is 10.2. The number of carboxylic acid groups (broad SMARTS) is 4. The molecular formula is C15H34N8O8. The highest BCUT2D eigenvalue weighted by atomic mass is 16.4. The molecule has 182 valence electrons. The molecule has 0 aliphatic heterocycles. The number of aliphatic carboxylic acids is 4. The van der Waals surface area contributed by atoms with Crippen LogP contribution in [0.3, 0.4) is 0 Å². The fraction of sp³-hybridized carbons (Fsp3) is 0.600. The number of carboxylic acids is 4. The first-order valence-corrected chi connectivity index (χ1v) is 8.44. The summed E-state index contributed by atoms with van der Waals surface area (Å²) >= 11 is 0. The van der Waals surface area contributed by atoms with Crippen LogP contribution in [0.1, 0.15) is 26.7 Å². The lowest BCUT2D eigenvalue weighted by molar-refractivity contribution is -0.139. The minimum Gasteiger partial charge on any atom is -0.481 e. The lowest BCUT2D eigenvalue weighted by Crippen LogP contribution is -2.36. The molecule has 31 heavy (non-hydrogen) atoms. The Labute approximate surface area is 179 Å². The maximum Gasteiger partial charge on any atom is 0.323 e. The number of hydrogen-bond acceptors (Lipinski definition) is 8. The molecule has 16 nitrogen and oxygen atoms in total. The third-order valence-electron chi connectivity index (χ3n) is 2.46. The molecule has 0 aliphatic carbocycles. The molecule has 0 rings (SSSR count). The van der Waals surface area contributed by atoms with Crippen molar-refractivity contribution < 1.29 is 39.6 Å².